The van der Waals surface area contributed by atoms with Crippen LogP contribution in [0.15, 0.2) is 41.5 Å². The molecule has 2 aromatic carbocycles. The lowest BCUT2D eigenvalue weighted by Crippen LogP contribution is -2.02. The van der Waals surface area contributed by atoms with Gasteiger partial charge >= 0.3 is 5.97 Å². The van der Waals surface area contributed by atoms with E-state index in [9.17, 15) is 4.79 Å². The van der Waals surface area contributed by atoms with Crippen molar-refractivity contribution < 1.29 is 19.4 Å². The Morgan fingerprint density at radius 3 is 2.64 bits per heavy atom. The molecule has 0 fully saturated rings. The van der Waals surface area contributed by atoms with Crippen LogP contribution in [0, 0.1) is 0 Å². The first kappa shape index (κ1) is 18.6. The van der Waals surface area contributed by atoms with Crippen LogP contribution < -0.4 is 14.9 Å². The highest BCUT2D eigenvalue weighted by Crippen LogP contribution is 2.36. The number of nitrogens with zero attached hydrogens (tertiary/aromatic N) is 1. The summed E-state index contributed by atoms with van der Waals surface area (Å²) < 4.78 is 11.1. The van der Waals surface area contributed by atoms with E-state index < -0.39 is 5.97 Å². The minimum atomic E-state index is -1.03. The molecule has 0 unspecified atom stereocenters. The molecule has 0 aliphatic rings. The first-order chi connectivity index (χ1) is 12.1. The Balaban J connectivity index is 2.22. The molecule has 25 heavy (non-hydrogen) atoms. The summed E-state index contributed by atoms with van der Waals surface area (Å²) in [6.45, 7) is 4.68. The van der Waals surface area contributed by atoms with E-state index in [1.165, 1.54) is 12.3 Å². The minimum Gasteiger partial charge on any atom is -0.490 e. The van der Waals surface area contributed by atoms with Crippen molar-refractivity contribution in [1.82, 2.24) is 0 Å². The summed E-state index contributed by atoms with van der Waals surface area (Å²) in [6.07, 6.45) is 1.53. The molecule has 0 bridgehead atoms. The predicted octanol–water partition coefficient (Wildman–Crippen LogP) is 4.28. The molecule has 2 aromatic rings. The largest absolute Gasteiger partial charge is 0.490 e. The number of benzene rings is 2. The lowest BCUT2D eigenvalue weighted by Gasteiger charge is -2.13. The number of carboxylic acids is 1. The molecule has 0 radical (unpaired) electrons. The van der Waals surface area contributed by atoms with Crippen molar-refractivity contribution in [2.75, 3.05) is 18.6 Å². The average molecular weight is 363 g/mol. The van der Waals surface area contributed by atoms with Gasteiger partial charge < -0.3 is 14.6 Å². The third kappa shape index (κ3) is 4.87. The molecule has 132 valence electrons. The van der Waals surface area contributed by atoms with Gasteiger partial charge in [0, 0.05) is 0 Å². The first-order valence-corrected chi connectivity index (χ1v) is 8.15. The topological polar surface area (TPSA) is 80.2 Å². The second kappa shape index (κ2) is 8.94. The summed E-state index contributed by atoms with van der Waals surface area (Å²) in [5.41, 5.74) is 3.95. The molecule has 2 rings (SSSR count). The summed E-state index contributed by atoms with van der Waals surface area (Å²) in [5.74, 6) is -0.00220. The van der Waals surface area contributed by atoms with Crippen molar-refractivity contribution in [2.24, 2.45) is 5.10 Å². The van der Waals surface area contributed by atoms with Crippen molar-refractivity contribution in [1.29, 1.82) is 0 Å². The van der Waals surface area contributed by atoms with Gasteiger partial charge in [0.2, 0.25) is 0 Å². The summed E-state index contributed by atoms with van der Waals surface area (Å²) >= 11 is 6.25. The molecule has 7 heteroatoms. The molecule has 0 atom stereocenters. The number of hydrogen-bond acceptors (Lipinski definition) is 5. The fourth-order valence-electron chi connectivity index (χ4n) is 2.15. The van der Waals surface area contributed by atoms with E-state index in [1.807, 2.05) is 13.8 Å². The number of rotatable bonds is 8. The van der Waals surface area contributed by atoms with Crippen molar-refractivity contribution in [3.05, 3.63) is 52.5 Å². The highest BCUT2D eigenvalue weighted by molar-refractivity contribution is 6.32. The molecule has 0 aromatic heterocycles. The number of halogens is 1. The predicted molar refractivity (Wildman–Crippen MR) is 98.4 cm³/mol. The molecule has 0 saturated heterocycles. The van der Waals surface area contributed by atoms with Gasteiger partial charge in [0.15, 0.2) is 11.5 Å². The number of aromatic carboxylic acids is 1. The van der Waals surface area contributed by atoms with Gasteiger partial charge in [-0.2, -0.15) is 5.10 Å². The third-order valence-electron chi connectivity index (χ3n) is 3.18. The Bertz CT molecular complexity index is 778. The van der Waals surface area contributed by atoms with E-state index in [4.69, 9.17) is 26.2 Å². The molecule has 0 spiro atoms. The standard InChI is InChI=1S/C18H19ClN2O4/c1-3-24-16-10-12(9-14(19)17(16)25-4-2)11-20-21-15-8-6-5-7-13(15)18(22)23/h5-11,21H,3-4H2,1-2H3,(H,22,23). The van der Waals surface area contributed by atoms with Gasteiger partial charge in [-0.3, -0.25) is 5.43 Å². The molecule has 0 aliphatic carbocycles. The smallest absolute Gasteiger partial charge is 0.337 e. The first-order valence-electron chi connectivity index (χ1n) is 7.77. The summed E-state index contributed by atoms with van der Waals surface area (Å²) in [6, 6.07) is 9.97. The zero-order chi connectivity index (χ0) is 18.2. The molecule has 0 saturated carbocycles. The lowest BCUT2D eigenvalue weighted by atomic mass is 10.2. The number of ether oxygens (including phenoxy) is 2. The maximum absolute atomic E-state index is 11.2. The average Bonchev–Trinajstić information content (AvgIpc) is 2.58. The van der Waals surface area contributed by atoms with Crippen molar-refractivity contribution in [2.45, 2.75) is 13.8 Å². The Morgan fingerprint density at radius 2 is 1.96 bits per heavy atom. The summed E-state index contributed by atoms with van der Waals surface area (Å²) in [4.78, 5) is 11.2. The van der Waals surface area contributed by atoms with Gasteiger partial charge in [-0.15, -0.1) is 0 Å². The molecule has 0 heterocycles. The van der Waals surface area contributed by atoms with Crippen LogP contribution in [0.3, 0.4) is 0 Å². The van der Waals surface area contributed by atoms with Crippen LogP contribution >= 0.6 is 11.6 Å². The SMILES string of the molecule is CCOc1cc(C=NNc2ccccc2C(=O)O)cc(Cl)c1OCC. The zero-order valence-electron chi connectivity index (χ0n) is 14.0. The van der Waals surface area contributed by atoms with Crippen molar-refractivity contribution in [3.63, 3.8) is 0 Å². The van der Waals surface area contributed by atoms with Crippen LogP contribution in [0.2, 0.25) is 5.02 Å². The Hall–Kier alpha value is -2.73. The maximum Gasteiger partial charge on any atom is 0.337 e. The summed E-state index contributed by atoms with van der Waals surface area (Å²) in [5, 5.41) is 13.7. The molecular formula is C18H19ClN2O4. The van der Waals surface area contributed by atoms with Crippen LogP contribution in [0.5, 0.6) is 11.5 Å². The van der Waals surface area contributed by atoms with E-state index in [2.05, 4.69) is 10.5 Å². The lowest BCUT2D eigenvalue weighted by molar-refractivity contribution is 0.0698. The van der Waals surface area contributed by atoms with Crippen molar-refractivity contribution >= 4 is 29.5 Å². The maximum atomic E-state index is 11.2. The van der Waals surface area contributed by atoms with Gasteiger partial charge in [-0.05, 0) is 43.7 Å². The summed E-state index contributed by atoms with van der Waals surface area (Å²) in [7, 11) is 0. The number of carbonyl (C=O) groups is 1. The van der Waals surface area contributed by atoms with E-state index in [0.29, 0.717) is 41.0 Å². The third-order valence-corrected chi connectivity index (χ3v) is 3.46. The van der Waals surface area contributed by atoms with Gasteiger partial charge in [0.05, 0.1) is 35.7 Å². The Labute approximate surface area is 151 Å². The Morgan fingerprint density at radius 1 is 1.24 bits per heavy atom. The second-order valence-corrected chi connectivity index (χ2v) is 5.32. The van der Waals surface area contributed by atoms with E-state index in [1.54, 1.807) is 30.3 Å². The Kier molecular flexibility index (Phi) is 6.65. The quantitative estimate of drug-likeness (QED) is 0.541. The molecule has 2 N–H and O–H groups in total. The van der Waals surface area contributed by atoms with Gasteiger partial charge in [0.1, 0.15) is 0 Å². The minimum absolute atomic E-state index is 0.138. The highest BCUT2D eigenvalue weighted by atomic mass is 35.5. The molecule has 6 nitrogen and oxygen atoms in total. The fraction of sp³-hybridized carbons (Fsp3) is 0.222. The van der Waals surface area contributed by atoms with Crippen LogP contribution in [0.25, 0.3) is 0 Å². The zero-order valence-corrected chi connectivity index (χ0v) is 14.7. The number of nitrogens with one attached hydrogen (secondary N) is 1. The molecule has 0 amide bonds. The number of para-hydroxylation sites is 1. The number of hydrazone groups is 1. The normalized spacial score (nSPS) is 10.7. The monoisotopic (exact) mass is 362 g/mol. The van der Waals surface area contributed by atoms with E-state index >= 15 is 0 Å². The van der Waals surface area contributed by atoms with Crippen LogP contribution in [-0.4, -0.2) is 30.5 Å². The van der Waals surface area contributed by atoms with E-state index in [-0.39, 0.29) is 5.56 Å². The van der Waals surface area contributed by atoms with Crippen LogP contribution in [0.1, 0.15) is 29.8 Å². The van der Waals surface area contributed by atoms with Gasteiger partial charge in [-0.25, -0.2) is 4.79 Å². The van der Waals surface area contributed by atoms with Crippen molar-refractivity contribution in [3.8, 4) is 11.5 Å². The van der Waals surface area contributed by atoms with Gasteiger partial charge in [0.25, 0.3) is 0 Å². The van der Waals surface area contributed by atoms with Gasteiger partial charge in [-0.1, -0.05) is 23.7 Å². The number of hydrogen-bond donors (Lipinski definition) is 2. The number of anilines is 1. The fourth-order valence-corrected chi connectivity index (χ4v) is 2.43. The van der Waals surface area contributed by atoms with Crippen LogP contribution in [0.4, 0.5) is 5.69 Å². The second-order valence-electron chi connectivity index (χ2n) is 4.92. The highest BCUT2D eigenvalue weighted by Gasteiger charge is 2.12. The van der Waals surface area contributed by atoms with Crippen LogP contribution in [-0.2, 0) is 0 Å². The molecule has 0 aliphatic heterocycles. The molecular weight excluding hydrogens is 344 g/mol. The van der Waals surface area contributed by atoms with E-state index in [0.717, 1.165) is 0 Å². The number of carboxylic acid groups (broad SMARTS) is 1.